The molecule has 7 heteroatoms. The summed E-state index contributed by atoms with van der Waals surface area (Å²) in [5.41, 5.74) is 2.48. The van der Waals surface area contributed by atoms with Gasteiger partial charge in [0.1, 0.15) is 5.69 Å². The second-order valence-corrected chi connectivity index (χ2v) is 8.80. The molecule has 1 heterocycles. The van der Waals surface area contributed by atoms with Gasteiger partial charge in [-0.15, -0.1) is 0 Å². The van der Waals surface area contributed by atoms with Crippen molar-refractivity contribution < 1.29 is 14.3 Å². The minimum Gasteiger partial charge on any atom is -0.449 e. The highest BCUT2D eigenvalue weighted by atomic mass is 16.5. The van der Waals surface area contributed by atoms with Crippen molar-refractivity contribution in [1.29, 1.82) is 0 Å². The van der Waals surface area contributed by atoms with Crippen molar-refractivity contribution in [3.63, 3.8) is 0 Å². The molecule has 0 saturated heterocycles. The smallest absolute Gasteiger partial charge is 0.338 e. The van der Waals surface area contributed by atoms with Crippen molar-refractivity contribution in [2.24, 2.45) is 7.05 Å². The van der Waals surface area contributed by atoms with E-state index in [1.54, 1.807) is 30.8 Å². The minimum atomic E-state index is -1.08. The molecule has 0 bridgehead atoms. The first-order chi connectivity index (χ1) is 15.0. The fourth-order valence-electron chi connectivity index (χ4n) is 3.33. The topological polar surface area (TPSA) is 82.3 Å². The van der Waals surface area contributed by atoms with Crippen LogP contribution in [-0.2, 0) is 22.0 Å². The highest BCUT2D eigenvalue weighted by Crippen LogP contribution is 2.22. The van der Waals surface area contributed by atoms with E-state index in [0.717, 1.165) is 5.56 Å². The summed E-state index contributed by atoms with van der Waals surface area (Å²) in [5, 5.41) is 2.62. The van der Waals surface area contributed by atoms with Gasteiger partial charge in [-0.3, -0.25) is 14.3 Å². The maximum Gasteiger partial charge on any atom is 0.338 e. The molecular weight excluding hydrogens is 406 g/mol. The van der Waals surface area contributed by atoms with Crippen LogP contribution in [0.4, 0.5) is 5.69 Å². The van der Waals surface area contributed by atoms with Crippen LogP contribution in [0.3, 0.4) is 0 Å². The molecule has 0 saturated carbocycles. The van der Waals surface area contributed by atoms with Gasteiger partial charge in [-0.25, -0.2) is 9.48 Å². The molecule has 0 radical (unpaired) electrons. The van der Waals surface area contributed by atoms with E-state index in [1.165, 1.54) is 11.6 Å². The van der Waals surface area contributed by atoms with E-state index in [1.807, 2.05) is 42.5 Å². The number of benzene rings is 2. The first-order valence-corrected chi connectivity index (χ1v) is 10.5. The van der Waals surface area contributed by atoms with Crippen LogP contribution in [0.1, 0.15) is 49.3 Å². The normalized spacial score (nSPS) is 12.3. The first kappa shape index (κ1) is 23.1. The fraction of sp³-hybridized carbons (Fsp3) is 0.320. The number of carbonyl (C=O) groups is 2. The van der Waals surface area contributed by atoms with Gasteiger partial charge in [-0.2, -0.15) is 0 Å². The van der Waals surface area contributed by atoms with Crippen LogP contribution >= 0.6 is 0 Å². The van der Waals surface area contributed by atoms with E-state index < -0.39 is 18.0 Å². The van der Waals surface area contributed by atoms with Gasteiger partial charge in [0.05, 0.1) is 16.9 Å². The number of carbonyl (C=O) groups excluding carboxylic acids is 2. The lowest BCUT2D eigenvalue weighted by molar-refractivity contribution is -0.123. The lowest BCUT2D eigenvalue weighted by Crippen LogP contribution is -2.32. The number of rotatable bonds is 5. The summed E-state index contributed by atoms with van der Waals surface area (Å²) in [7, 11) is 1.74. The minimum absolute atomic E-state index is 0.0319. The molecule has 3 aromatic rings. The molecule has 0 aliphatic heterocycles. The van der Waals surface area contributed by atoms with Gasteiger partial charge in [0.25, 0.3) is 11.5 Å². The Labute approximate surface area is 187 Å². The molecule has 7 nitrogen and oxygen atoms in total. The van der Waals surface area contributed by atoms with Gasteiger partial charge in [-0.1, -0.05) is 51.1 Å². The fourth-order valence-corrected chi connectivity index (χ4v) is 3.33. The monoisotopic (exact) mass is 435 g/mol. The van der Waals surface area contributed by atoms with E-state index in [4.69, 9.17) is 4.74 Å². The van der Waals surface area contributed by atoms with E-state index in [-0.39, 0.29) is 16.7 Å². The predicted octanol–water partition coefficient (Wildman–Crippen LogP) is 3.97. The van der Waals surface area contributed by atoms with Crippen molar-refractivity contribution >= 4 is 17.6 Å². The number of para-hydroxylation sites is 1. The Morgan fingerprint density at radius 2 is 1.59 bits per heavy atom. The zero-order valence-electron chi connectivity index (χ0n) is 19.3. The number of aromatic nitrogens is 2. The summed E-state index contributed by atoms with van der Waals surface area (Å²) in [4.78, 5) is 38.1. The van der Waals surface area contributed by atoms with Gasteiger partial charge in [-0.05, 0) is 49.1 Å². The zero-order valence-corrected chi connectivity index (χ0v) is 19.3. The molecular formula is C25H29N3O4. The van der Waals surface area contributed by atoms with Gasteiger partial charge < -0.3 is 10.1 Å². The third kappa shape index (κ3) is 4.66. The quantitative estimate of drug-likeness (QED) is 0.615. The Hall–Kier alpha value is -3.61. The SMILES string of the molecule is Cc1c(NC(=O)[C@H](C)OC(=O)c2ccc(C(C)(C)C)cc2)c(=O)n(-c2ccccc2)n1C. The lowest BCUT2D eigenvalue weighted by atomic mass is 9.87. The third-order valence-electron chi connectivity index (χ3n) is 5.44. The maximum atomic E-state index is 12.9. The van der Waals surface area contributed by atoms with Crippen molar-refractivity contribution in [1.82, 2.24) is 9.36 Å². The molecule has 32 heavy (non-hydrogen) atoms. The van der Waals surface area contributed by atoms with Gasteiger partial charge in [0.15, 0.2) is 6.10 Å². The van der Waals surface area contributed by atoms with E-state index >= 15 is 0 Å². The zero-order chi connectivity index (χ0) is 23.6. The summed E-state index contributed by atoms with van der Waals surface area (Å²) in [6, 6.07) is 16.3. The summed E-state index contributed by atoms with van der Waals surface area (Å²) in [6.45, 7) is 9.48. The summed E-state index contributed by atoms with van der Waals surface area (Å²) in [6.07, 6.45) is -1.08. The Morgan fingerprint density at radius 3 is 2.16 bits per heavy atom. The molecule has 168 valence electrons. The summed E-state index contributed by atoms with van der Waals surface area (Å²) >= 11 is 0. The van der Waals surface area contributed by atoms with Gasteiger partial charge in [0.2, 0.25) is 0 Å². The van der Waals surface area contributed by atoms with Crippen molar-refractivity contribution in [3.8, 4) is 5.69 Å². The Morgan fingerprint density at radius 1 is 1.00 bits per heavy atom. The van der Waals surface area contributed by atoms with Crippen LogP contribution < -0.4 is 10.9 Å². The number of hydrogen-bond acceptors (Lipinski definition) is 4. The van der Waals surface area contributed by atoms with Crippen LogP contribution in [0, 0.1) is 6.92 Å². The van der Waals surface area contributed by atoms with Crippen LogP contribution in [0.15, 0.2) is 59.4 Å². The van der Waals surface area contributed by atoms with E-state index in [9.17, 15) is 14.4 Å². The lowest BCUT2D eigenvalue weighted by Gasteiger charge is -2.19. The molecule has 0 spiro atoms. The number of esters is 1. The molecule has 1 N–H and O–H groups in total. The molecule has 0 fully saturated rings. The molecule has 2 aromatic carbocycles. The number of ether oxygens (including phenoxy) is 1. The second-order valence-electron chi connectivity index (χ2n) is 8.80. The van der Waals surface area contributed by atoms with Crippen molar-refractivity contribution in [3.05, 3.63) is 81.8 Å². The molecule has 3 rings (SSSR count). The first-order valence-electron chi connectivity index (χ1n) is 10.5. The van der Waals surface area contributed by atoms with Crippen molar-refractivity contribution in [2.75, 3.05) is 5.32 Å². The molecule has 0 unspecified atom stereocenters. The van der Waals surface area contributed by atoms with Gasteiger partial charge >= 0.3 is 5.97 Å². The number of amides is 1. The number of nitrogens with zero attached hydrogens (tertiary/aromatic N) is 2. The highest BCUT2D eigenvalue weighted by molar-refractivity contribution is 5.97. The van der Waals surface area contributed by atoms with E-state index in [2.05, 4.69) is 26.1 Å². The standard InChI is InChI=1S/C25H29N3O4/c1-16-21(23(30)28(27(16)6)20-10-8-7-9-11-20)26-22(29)17(2)32-24(31)18-12-14-19(15-13-18)25(3,4)5/h7-15,17H,1-6H3,(H,26,29)/t17-/m0/s1. The molecule has 1 amide bonds. The average molecular weight is 436 g/mol. The summed E-state index contributed by atoms with van der Waals surface area (Å²) < 4.78 is 8.47. The highest BCUT2D eigenvalue weighted by Gasteiger charge is 2.24. The second kappa shape index (κ2) is 8.86. The Balaban J connectivity index is 1.74. The average Bonchev–Trinajstić information content (AvgIpc) is 2.96. The largest absolute Gasteiger partial charge is 0.449 e. The Bertz CT molecular complexity index is 1180. The summed E-state index contributed by atoms with van der Waals surface area (Å²) in [5.74, 6) is -1.17. The molecule has 0 aliphatic carbocycles. The predicted molar refractivity (Wildman–Crippen MR) is 124 cm³/mol. The maximum absolute atomic E-state index is 12.9. The van der Waals surface area contributed by atoms with Gasteiger partial charge in [0, 0.05) is 7.05 Å². The van der Waals surface area contributed by atoms with Crippen molar-refractivity contribution in [2.45, 2.75) is 46.1 Å². The van der Waals surface area contributed by atoms with Crippen LogP contribution in [-0.4, -0.2) is 27.3 Å². The number of nitrogens with one attached hydrogen (secondary N) is 1. The third-order valence-corrected chi connectivity index (χ3v) is 5.44. The van der Waals surface area contributed by atoms with Crippen LogP contribution in [0.5, 0.6) is 0 Å². The molecule has 1 atom stereocenters. The van der Waals surface area contributed by atoms with Crippen LogP contribution in [0.25, 0.3) is 5.69 Å². The molecule has 0 aliphatic rings. The molecule has 1 aromatic heterocycles. The Kier molecular flexibility index (Phi) is 6.39. The number of hydrogen-bond donors (Lipinski definition) is 1. The van der Waals surface area contributed by atoms with Crippen LogP contribution in [0.2, 0.25) is 0 Å². The van der Waals surface area contributed by atoms with E-state index in [0.29, 0.717) is 16.9 Å². The number of anilines is 1.